The van der Waals surface area contributed by atoms with Crippen molar-refractivity contribution in [3.05, 3.63) is 57.5 Å². The van der Waals surface area contributed by atoms with E-state index in [2.05, 4.69) is 15.9 Å². The predicted octanol–water partition coefficient (Wildman–Crippen LogP) is 5.08. The molecule has 0 amide bonds. The Balaban J connectivity index is 2.03. The van der Waals surface area contributed by atoms with Crippen molar-refractivity contribution in [2.75, 3.05) is 6.61 Å². The molecule has 2 nitrogen and oxygen atoms in total. The summed E-state index contributed by atoms with van der Waals surface area (Å²) in [4.78, 5) is 0. The van der Waals surface area contributed by atoms with E-state index in [1.165, 1.54) is 0 Å². The molecule has 0 radical (unpaired) electrons. The van der Waals surface area contributed by atoms with E-state index in [4.69, 9.17) is 21.1 Å². The summed E-state index contributed by atoms with van der Waals surface area (Å²) in [6.45, 7) is 3.03. The molecule has 0 aliphatic heterocycles. The van der Waals surface area contributed by atoms with Crippen LogP contribution in [0.5, 0.6) is 11.5 Å². The van der Waals surface area contributed by atoms with Crippen LogP contribution in [0.3, 0.4) is 0 Å². The first-order valence-electron chi connectivity index (χ1n) is 5.98. The summed E-state index contributed by atoms with van der Waals surface area (Å²) in [5, 5.41) is 0.690. The van der Waals surface area contributed by atoms with E-state index in [1.807, 2.05) is 49.4 Å². The van der Waals surface area contributed by atoms with Gasteiger partial charge >= 0.3 is 0 Å². The summed E-state index contributed by atoms with van der Waals surface area (Å²) in [7, 11) is 0. The van der Waals surface area contributed by atoms with Crippen molar-refractivity contribution in [1.82, 2.24) is 0 Å². The lowest BCUT2D eigenvalue weighted by molar-refractivity contribution is 0.299. The van der Waals surface area contributed by atoms with E-state index in [0.717, 1.165) is 21.5 Å². The summed E-state index contributed by atoms with van der Waals surface area (Å²) in [6.07, 6.45) is 0. The van der Waals surface area contributed by atoms with E-state index in [-0.39, 0.29) is 0 Å². The first-order chi connectivity index (χ1) is 9.19. The van der Waals surface area contributed by atoms with Crippen LogP contribution in [0.15, 0.2) is 46.9 Å². The zero-order chi connectivity index (χ0) is 13.7. The molecule has 0 spiro atoms. The van der Waals surface area contributed by atoms with Crippen LogP contribution in [0, 0.1) is 0 Å². The molecule has 0 bridgehead atoms. The lowest BCUT2D eigenvalue weighted by Gasteiger charge is -2.09. The van der Waals surface area contributed by atoms with Gasteiger partial charge in [-0.2, -0.15) is 0 Å². The molecule has 0 heterocycles. The fourth-order valence-electron chi connectivity index (χ4n) is 1.62. The van der Waals surface area contributed by atoms with Crippen molar-refractivity contribution >= 4 is 27.5 Å². The fourth-order valence-corrected chi connectivity index (χ4v) is 2.35. The third-order valence-electron chi connectivity index (χ3n) is 2.53. The second-order valence-electron chi connectivity index (χ2n) is 3.93. The highest BCUT2D eigenvalue weighted by Gasteiger charge is 2.03. The average molecular weight is 342 g/mol. The van der Waals surface area contributed by atoms with Crippen molar-refractivity contribution in [3.8, 4) is 11.5 Å². The van der Waals surface area contributed by atoms with Crippen LogP contribution in [-0.4, -0.2) is 6.61 Å². The molecule has 0 unspecified atom stereocenters. The molecule has 0 aliphatic carbocycles. The Bertz CT molecular complexity index is 558. The molecule has 2 aromatic rings. The van der Waals surface area contributed by atoms with E-state index >= 15 is 0 Å². The maximum Gasteiger partial charge on any atom is 0.123 e. The monoisotopic (exact) mass is 340 g/mol. The van der Waals surface area contributed by atoms with Gasteiger partial charge in [0.1, 0.15) is 18.1 Å². The second kappa shape index (κ2) is 6.83. The Hall–Kier alpha value is -1.19. The first-order valence-corrected chi connectivity index (χ1v) is 7.15. The standard InChI is InChI=1S/C15H14BrClO2/c1-2-18-13-4-3-5-14(9-13)19-10-11-6-7-12(16)8-15(11)17/h3-9H,2,10H2,1H3. The normalized spacial score (nSPS) is 10.3. The van der Waals surface area contributed by atoms with Gasteiger partial charge in [0.2, 0.25) is 0 Å². The SMILES string of the molecule is CCOc1cccc(OCc2ccc(Br)cc2Cl)c1. The molecular weight excluding hydrogens is 328 g/mol. The second-order valence-corrected chi connectivity index (χ2v) is 5.26. The van der Waals surface area contributed by atoms with E-state index in [0.29, 0.717) is 18.2 Å². The minimum Gasteiger partial charge on any atom is -0.494 e. The van der Waals surface area contributed by atoms with Crippen LogP contribution < -0.4 is 9.47 Å². The summed E-state index contributed by atoms with van der Waals surface area (Å²) in [5.74, 6) is 1.58. The molecular formula is C15H14BrClO2. The molecule has 0 aromatic heterocycles. The molecule has 0 saturated heterocycles. The highest BCUT2D eigenvalue weighted by atomic mass is 79.9. The summed E-state index contributed by atoms with van der Waals surface area (Å²) >= 11 is 9.52. The van der Waals surface area contributed by atoms with E-state index in [9.17, 15) is 0 Å². The Labute approximate surface area is 126 Å². The van der Waals surface area contributed by atoms with Gasteiger partial charge in [-0.25, -0.2) is 0 Å². The highest BCUT2D eigenvalue weighted by Crippen LogP contribution is 2.24. The Morgan fingerprint density at radius 1 is 1.05 bits per heavy atom. The number of rotatable bonds is 5. The third kappa shape index (κ3) is 4.15. The van der Waals surface area contributed by atoms with Gasteiger partial charge in [-0.1, -0.05) is 39.7 Å². The smallest absolute Gasteiger partial charge is 0.123 e. The summed E-state index contributed by atoms with van der Waals surface area (Å²) in [6, 6.07) is 13.3. The molecule has 2 aromatic carbocycles. The Kier molecular flexibility index (Phi) is 5.11. The maximum absolute atomic E-state index is 6.14. The number of benzene rings is 2. The average Bonchev–Trinajstić information content (AvgIpc) is 2.38. The van der Waals surface area contributed by atoms with Crippen molar-refractivity contribution < 1.29 is 9.47 Å². The van der Waals surface area contributed by atoms with Gasteiger partial charge < -0.3 is 9.47 Å². The summed E-state index contributed by atoms with van der Waals surface area (Å²) in [5.41, 5.74) is 0.951. The highest BCUT2D eigenvalue weighted by molar-refractivity contribution is 9.10. The summed E-state index contributed by atoms with van der Waals surface area (Å²) < 4.78 is 12.1. The molecule has 0 fully saturated rings. The van der Waals surface area contributed by atoms with Gasteiger partial charge in [0, 0.05) is 21.1 Å². The molecule has 0 N–H and O–H groups in total. The molecule has 19 heavy (non-hydrogen) atoms. The zero-order valence-electron chi connectivity index (χ0n) is 10.5. The molecule has 0 saturated carbocycles. The lowest BCUT2D eigenvalue weighted by Crippen LogP contribution is -1.97. The van der Waals surface area contributed by atoms with Gasteiger partial charge in [0.25, 0.3) is 0 Å². The first kappa shape index (κ1) is 14.2. The van der Waals surface area contributed by atoms with Crippen LogP contribution in [0.25, 0.3) is 0 Å². The van der Waals surface area contributed by atoms with Crippen molar-refractivity contribution in [2.45, 2.75) is 13.5 Å². The number of hydrogen-bond acceptors (Lipinski definition) is 2. The van der Waals surface area contributed by atoms with Gasteiger partial charge in [0.15, 0.2) is 0 Å². The number of halogens is 2. The van der Waals surface area contributed by atoms with Crippen LogP contribution in [0.1, 0.15) is 12.5 Å². The van der Waals surface area contributed by atoms with Crippen molar-refractivity contribution in [3.63, 3.8) is 0 Å². The minimum absolute atomic E-state index is 0.432. The Morgan fingerprint density at radius 3 is 2.47 bits per heavy atom. The lowest BCUT2D eigenvalue weighted by atomic mass is 10.2. The molecule has 4 heteroatoms. The largest absolute Gasteiger partial charge is 0.494 e. The quantitative estimate of drug-likeness (QED) is 0.755. The molecule has 0 aliphatic rings. The topological polar surface area (TPSA) is 18.5 Å². The van der Waals surface area contributed by atoms with Crippen LogP contribution in [0.2, 0.25) is 5.02 Å². The predicted molar refractivity (Wildman–Crippen MR) is 81.1 cm³/mol. The van der Waals surface area contributed by atoms with Crippen LogP contribution >= 0.6 is 27.5 Å². The maximum atomic E-state index is 6.14. The van der Waals surface area contributed by atoms with Crippen LogP contribution in [-0.2, 0) is 6.61 Å². The Morgan fingerprint density at radius 2 is 1.79 bits per heavy atom. The third-order valence-corrected chi connectivity index (χ3v) is 3.37. The van der Waals surface area contributed by atoms with Crippen LogP contribution in [0.4, 0.5) is 0 Å². The van der Waals surface area contributed by atoms with Gasteiger partial charge in [-0.15, -0.1) is 0 Å². The molecule has 100 valence electrons. The molecule has 2 rings (SSSR count). The number of ether oxygens (including phenoxy) is 2. The fraction of sp³-hybridized carbons (Fsp3) is 0.200. The van der Waals surface area contributed by atoms with Gasteiger partial charge in [0.05, 0.1) is 6.61 Å². The van der Waals surface area contributed by atoms with Gasteiger partial charge in [-0.3, -0.25) is 0 Å². The number of hydrogen-bond donors (Lipinski definition) is 0. The van der Waals surface area contributed by atoms with Crippen molar-refractivity contribution in [2.24, 2.45) is 0 Å². The van der Waals surface area contributed by atoms with Gasteiger partial charge in [-0.05, 0) is 31.2 Å². The van der Waals surface area contributed by atoms with E-state index < -0.39 is 0 Å². The minimum atomic E-state index is 0.432. The molecule has 0 atom stereocenters. The van der Waals surface area contributed by atoms with E-state index in [1.54, 1.807) is 0 Å². The van der Waals surface area contributed by atoms with Crippen molar-refractivity contribution in [1.29, 1.82) is 0 Å². The zero-order valence-corrected chi connectivity index (χ0v) is 12.9.